The molecular formula is C15H20O4. The van der Waals surface area contributed by atoms with Crippen molar-refractivity contribution in [2.24, 2.45) is 11.3 Å². The highest BCUT2D eigenvalue weighted by Gasteiger charge is 2.55. The molecule has 4 heteroatoms. The first-order valence-electron chi connectivity index (χ1n) is 6.81. The van der Waals surface area contributed by atoms with Crippen molar-refractivity contribution in [2.75, 3.05) is 0 Å². The van der Waals surface area contributed by atoms with E-state index >= 15 is 0 Å². The van der Waals surface area contributed by atoms with Gasteiger partial charge in [0.1, 0.15) is 5.76 Å². The maximum absolute atomic E-state index is 11.6. The Hall–Kier alpha value is -1.13. The monoisotopic (exact) mass is 264 g/mol. The summed E-state index contributed by atoms with van der Waals surface area (Å²) in [7, 11) is 0. The molecular weight excluding hydrogens is 244 g/mol. The molecule has 0 aromatic rings. The number of hydrogen-bond donors (Lipinski definition) is 2. The number of esters is 1. The highest BCUT2D eigenvalue weighted by atomic mass is 16.5. The molecule has 0 aromatic carbocycles. The summed E-state index contributed by atoms with van der Waals surface area (Å²) in [6, 6.07) is 0. The van der Waals surface area contributed by atoms with E-state index in [1.807, 2.05) is 19.9 Å². The van der Waals surface area contributed by atoms with Crippen LogP contribution in [0.2, 0.25) is 0 Å². The third-order valence-electron chi connectivity index (χ3n) is 5.25. The predicted octanol–water partition coefficient (Wildman–Crippen LogP) is 1.68. The zero-order chi connectivity index (χ0) is 14.0. The lowest BCUT2D eigenvalue weighted by molar-refractivity contribution is -0.137. The van der Waals surface area contributed by atoms with Gasteiger partial charge in [-0.05, 0) is 39.2 Å². The number of fused-ring (bicyclic) bond motifs is 2. The van der Waals surface area contributed by atoms with Crippen molar-refractivity contribution in [3.63, 3.8) is 0 Å². The smallest absolute Gasteiger partial charge is 0.339 e. The van der Waals surface area contributed by atoms with E-state index in [2.05, 4.69) is 0 Å². The van der Waals surface area contributed by atoms with E-state index in [0.717, 1.165) is 5.57 Å². The lowest BCUT2D eigenvalue weighted by atomic mass is 9.55. The summed E-state index contributed by atoms with van der Waals surface area (Å²) >= 11 is 0. The van der Waals surface area contributed by atoms with E-state index in [1.54, 1.807) is 6.92 Å². The Balaban J connectivity index is 2.13. The molecule has 1 saturated carbocycles. The number of hydrogen-bond acceptors (Lipinski definition) is 4. The van der Waals surface area contributed by atoms with Gasteiger partial charge in [-0.25, -0.2) is 4.79 Å². The molecule has 0 amide bonds. The van der Waals surface area contributed by atoms with E-state index in [-0.39, 0.29) is 11.9 Å². The van der Waals surface area contributed by atoms with Gasteiger partial charge in [-0.15, -0.1) is 0 Å². The van der Waals surface area contributed by atoms with Gasteiger partial charge in [0.05, 0.1) is 11.7 Å². The third kappa shape index (κ3) is 1.63. The van der Waals surface area contributed by atoms with Crippen LogP contribution < -0.4 is 0 Å². The van der Waals surface area contributed by atoms with Gasteiger partial charge >= 0.3 is 5.97 Å². The second kappa shape index (κ2) is 3.70. The van der Waals surface area contributed by atoms with Crippen LogP contribution in [0.25, 0.3) is 0 Å². The van der Waals surface area contributed by atoms with Crippen LogP contribution in [0.15, 0.2) is 23.0 Å². The summed E-state index contributed by atoms with van der Waals surface area (Å²) < 4.78 is 5.26. The SMILES string of the molecule is CC1=C2C[C@@H]3[C@@](C)(C=C2OC1=O)[C@H](O)CC[C@@]3(C)O. The molecule has 1 fully saturated rings. The maximum atomic E-state index is 11.6. The number of aliphatic hydroxyl groups excluding tert-OH is 1. The Bertz CT molecular complexity index is 514. The molecule has 19 heavy (non-hydrogen) atoms. The van der Waals surface area contributed by atoms with Gasteiger partial charge in [-0.3, -0.25) is 0 Å². The lowest BCUT2D eigenvalue weighted by Gasteiger charge is -2.53. The molecule has 2 aliphatic carbocycles. The average Bonchev–Trinajstić information content (AvgIpc) is 2.59. The Kier molecular flexibility index (Phi) is 2.51. The first kappa shape index (κ1) is 12.9. The molecule has 1 heterocycles. The van der Waals surface area contributed by atoms with Crippen LogP contribution in [-0.2, 0) is 9.53 Å². The summed E-state index contributed by atoms with van der Waals surface area (Å²) in [6.07, 6.45) is 3.08. The Morgan fingerprint density at radius 3 is 2.79 bits per heavy atom. The van der Waals surface area contributed by atoms with Gasteiger partial charge in [-0.1, -0.05) is 6.92 Å². The fourth-order valence-electron chi connectivity index (χ4n) is 3.86. The molecule has 0 saturated heterocycles. The van der Waals surface area contributed by atoms with Gasteiger partial charge in [0.2, 0.25) is 0 Å². The van der Waals surface area contributed by atoms with Crippen molar-refractivity contribution in [3.05, 3.63) is 23.0 Å². The van der Waals surface area contributed by atoms with Crippen LogP contribution in [0.5, 0.6) is 0 Å². The quantitative estimate of drug-likeness (QED) is 0.653. The molecule has 0 spiro atoms. The van der Waals surface area contributed by atoms with E-state index in [0.29, 0.717) is 30.6 Å². The molecule has 2 N–H and O–H groups in total. The molecule has 0 bridgehead atoms. The highest BCUT2D eigenvalue weighted by Crippen LogP contribution is 2.55. The normalized spacial score (nSPS) is 45.5. The maximum Gasteiger partial charge on any atom is 0.339 e. The van der Waals surface area contributed by atoms with Crippen molar-refractivity contribution in [2.45, 2.75) is 51.7 Å². The molecule has 3 rings (SSSR count). The second-order valence-electron chi connectivity index (χ2n) is 6.54. The molecule has 0 aromatic heterocycles. The highest BCUT2D eigenvalue weighted by molar-refractivity contribution is 5.94. The molecule has 104 valence electrons. The minimum Gasteiger partial charge on any atom is -0.423 e. The Labute approximate surface area is 112 Å². The molecule has 0 radical (unpaired) electrons. The first-order chi connectivity index (χ1) is 8.75. The largest absolute Gasteiger partial charge is 0.423 e. The topological polar surface area (TPSA) is 66.8 Å². The van der Waals surface area contributed by atoms with Gasteiger partial charge in [-0.2, -0.15) is 0 Å². The van der Waals surface area contributed by atoms with E-state index in [9.17, 15) is 15.0 Å². The zero-order valence-electron chi connectivity index (χ0n) is 11.6. The minimum absolute atomic E-state index is 0.0908. The summed E-state index contributed by atoms with van der Waals surface area (Å²) in [5.41, 5.74) is 0.159. The third-order valence-corrected chi connectivity index (χ3v) is 5.25. The molecule has 3 aliphatic rings. The van der Waals surface area contributed by atoms with Gasteiger partial charge in [0, 0.05) is 22.5 Å². The second-order valence-corrected chi connectivity index (χ2v) is 6.54. The van der Waals surface area contributed by atoms with Crippen LogP contribution >= 0.6 is 0 Å². The van der Waals surface area contributed by atoms with Crippen LogP contribution in [0.1, 0.15) is 40.0 Å². The number of carbonyl (C=O) groups excluding carboxylic acids is 1. The average molecular weight is 264 g/mol. The van der Waals surface area contributed by atoms with Crippen LogP contribution in [0.3, 0.4) is 0 Å². The first-order valence-corrected chi connectivity index (χ1v) is 6.81. The zero-order valence-corrected chi connectivity index (χ0v) is 11.6. The molecule has 4 atom stereocenters. The van der Waals surface area contributed by atoms with Gasteiger partial charge < -0.3 is 14.9 Å². The van der Waals surface area contributed by atoms with Crippen LogP contribution in [0, 0.1) is 11.3 Å². The lowest BCUT2D eigenvalue weighted by Crippen LogP contribution is -2.55. The van der Waals surface area contributed by atoms with Crippen molar-refractivity contribution < 1.29 is 19.7 Å². The molecule has 4 nitrogen and oxygen atoms in total. The predicted molar refractivity (Wildman–Crippen MR) is 69.0 cm³/mol. The van der Waals surface area contributed by atoms with E-state index < -0.39 is 17.1 Å². The van der Waals surface area contributed by atoms with Crippen molar-refractivity contribution >= 4 is 5.97 Å². The van der Waals surface area contributed by atoms with Crippen molar-refractivity contribution in [1.29, 1.82) is 0 Å². The van der Waals surface area contributed by atoms with E-state index in [1.165, 1.54) is 0 Å². The fraction of sp³-hybridized carbons (Fsp3) is 0.667. The van der Waals surface area contributed by atoms with Gasteiger partial charge in [0.25, 0.3) is 0 Å². The number of aliphatic hydroxyl groups is 2. The summed E-state index contributed by atoms with van der Waals surface area (Å²) in [5, 5.41) is 21.0. The number of ether oxygens (including phenoxy) is 1. The van der Waals surface area contributed by atoms with Crippen LogP contribution in [-0.4, -0.2) is 27.9 Å². The van der Waals surface area contributed by atoms with E-state index in [4.69, 9.17) is 4.74 Å². The molecule has 1 aliphatic heterocycles. The van der Waals surface area contributed by atoms with Crippen molar-refractivity contribution in [1.82, 2.24) is 0 Å². The Morgan fingerprint density at radius 2 is 2.11 bits per heavy atom. The fourth-order valence-corrected chi connectivity index (χ4v) is 3.86. The number of rotatable bonds is 0. The summed E-state index contributed by atoms with van der Waals surface area (Å²) in [6.45, 7) is 5.53. The molecule has 0 unspecified atom stereocenters. The number of carbonyl (C=O) groups is 1. The van der Waals surface area contributed by atoms with Crippen molar-refractivity contribution in [3.8, 4) is 0 Å². The Morgan fingerprint density at radius 1 is 1.42 bits per heavy atom. The van der Waals surface area contributed by atoms with Crippen LogP contribution in [0.4, 0.5) is 0 Å². The van der Waals surface area contributed by atoms with Gasteiger partial charge in [0.15, 0.2) is 0 Å². The minimum atomic E-state index is -0.824. The summed E-state index contributed by atoms with van der Waals surface area (Å²) in [4.78, 5) is 11.6. The number of allylic oxidation sites excluding steroid dienone is 1. The standard InChI is InChI=1S/C15H20O4/c1-8-9-6-11-14(2,7-10(9)19-13(8)17)12(16)4-5-15(11,3)18/h7,11-12,16,18H,4-6H2,1-3H3/t11-,12-,14-,15-/m1/s1. The summed E-state index contributed by atoms with van der Waals surface area (Å²) in [5.74, 6) is 0.183.